The van der Waals surface area contributed by atoms with E-state index in [1.807, 2.05) is 0 Å². The number of aryl methyl sites for hydroxylation is 1. The van der Waals surface area contributed by atoms with Gasteiger partial charge in [0.25, 0.3) is 5.91 Å². The van der Waals surface area contributed by atoms with E-state index in [2.05, 4.69) is 15.3 Å². The van der Waals surface area contributed by atoms with Gasteiger partial charge in [-0.2, -0.15) is 13.8 Å². The van der Waals surface area contributed by atoms with E-state index in [9.17, 15) is 13.6 Å². The topological polar surface area (TPSA) is 54.9 Å². The van der Waals surface area contributed by atoms with Gasteiger partial charge in [0.05, 0.1) is 11.3 Å². The van der Waals surface area contributed by atoms with Crippen molar-refractivity contribution in [3.8, 4) is 0 Å². The van der Waals surface area contributed by atoms with Crippen molar-refractivity contribution in [1.29, 1.82) is 0 Å². The Bertz CT molecular complexity index is 602. The number of hydrogen-bond donors (Lipinski definition) is 1. The summed E-state index contributed by atoms with van der Waals surface area (Å²) in [5.41, 5.74) is 0.663. The van der Waals surface area contributed by atoms with E-state index in [4.69, 9.17) is 0 Å². The molecule has 1 amide bonds. The molecule has 0 unspecified atom stereocenters. The van der Waals surface area contributed by atoms with Crippen LogP contribution in [0.3, 0.4) is 0 Å². The lowest BCUT2D eigenvalue weighted by Crippen LogP contribution is -2.15. The van der Waals surface area contributed by atoms with Crippen molar-refractivity contribution in [3.63, 3.8) is 0 Å². The standard InChI is InChI=1S/C12H9F2N3O/c1-7-8(3-2-6-15-7)12(18)16-9-4-5-10(13)17-11(9)14/h2-6H,1H3,(H,16,18). The Hall–Kier alpha value is -2.37. The normalized spacial score (nSPS) is 10.2. The molecule has 2 heterocycles. The van der Waals surface area contributed by atoms with Crippen LogP contribution < -0.4 is 5.32 Å². The largest absolute Gasteiger partial charge is 0.318 e. The zero-order chi connectivity index (χ0) is 13.1. The summed E-state index contributed by atoms with van der Waals surface area (Å²) >= 11 is 0. The predicted molar refractivity (Wildman–Crippen MR) is 61.1 cm³/mol. The molecule has 0 aromatic carbocycles. The molecule has 0 bridgehead atoms. The van der Waals surface area contributed by atoms with E-state index < -0.39 is 17.8 Å². The number of rotatable bonds is 2. The molecule has 0 fully saturated rings. The number of amides is 1. The van der Waals surface area contributed by atoms with Gasteiger partial charge in [0.15, 0.2) is 0 Å². The van der Waals surface area contributed by atoms with Crippen LogP contribution in [0.4, 0.5) is 14.5 Å². The summed E-state index contributed by atoms with van der Waals surface area (Å²) in [5, 5.41) is 2.31. The molecule has 0 spiro atoms. The van der Waals surface area contributed by atoms with Crippen molar-refractivity contribution in [2.24, 2.45) is 0 Å². The molecule has 1 N–H and O–H groups in total. The molecule has 2 aromatic rings. The highest BCUT2D eigenvalue weighted by atomic mass is 19.1. The van der Waals surface area contributed by atoms with Crippen molar-refractivity contribution in [3.05, 3.63) is 53.6 Å². The van der Waals surface area contributed by atoms with Crippen molar-refractivity contribution in [1.82, 2.24) is 9.97 Å². The van der Waals surface area contributed by atoms with Gasteiger partial charge >= 0.3 is 0 Å². The second kappa shape index (κ2) is 4.87. The van der Waals surface area contributed by atoms with Crippen molar-refractivity contribution in [2.45, 2.75) is 6.92 Å². The second-order valence-electron chi connectivity index (χ2n) is 3.56. The fourth-order valence-corrected chi connectivity index (χ4v) is 1.42. The van der Waals surface area contributed by atoms with Crippen molar-refractivity contribution >= 4 is 11.6 Å². The van der Waals surface area contributed by atoms with Crippen molar-refractivity contribution in [2.75, 3.05) is 5.32 Å². The third-order valence-electron chi connectivity index (χ3n) is 2.31. The van der Waals surface area contributed by atoms with Gasteiger partial charge < -0.3 is 5.32 Å². The van der Waals surface area contributed by atoms with E-state index in [0.717, 1.165) is 12.1 Å². The molecule has 0 aliphatic carbocycles. The van der Waals surface area contributed by atoms with Crippen LogP contribution in [0.5, 0.6) is 0 Å². The average molecular weight is 249 g/mol. The van der Waals surface area contributed by atoms with E-state index in [1.54, 1.807) is 25.3 Å². The molecule has 0 aliphatic heterocycles. The van der Waals surface area contributed by atoms with Gasteiger partial charge in [-0.05, 0) is 31.2 Å². The molecule has 4 nitrogen and oxygen atoms in total. The minimum atomic E-state index is -1.06. The summed E-state index contributed by atoms with van der Waals surface area (Å²) in [4.78, 5) is 18.8. The summed E-state index contributed by atoms with van der Waals surface area (Å²) in [6.45, 7) is 1.66. The van der Waals surface area contributed by atoms with Gasteiger partial charge in [-0.1, -0.05) is 0 Å². The molecule has 92 valence electrons. The monoisotopic (exact) mass is 249 g/mol. The Balaban J connectivity index is 2.24. The van der Waals surface area contributed by atoms with Crippen LogP contribution >= 0.6 is 0 Å². The van der Waals surface area contributed by atoms with Crippen LogP contribution in [0.2, 0.25) is 0 Å². The number of anilines is 1. The summed E-state index contributed by atoms with van der Waals surface area (Å²) in [6.07, 6.45) is 1.55. The Morgan fingerprint density at radius 3 is 2.72 bits per heavy atom. The van der Waals surface area contributed by atoms with E-state index in [0.29, 0.717) is 11.3 Å². The van der Waals surface area contributed by atoms with Crippen molar-refractivity contribution < 1.29 is 13.6 Å². The smallest absolute Gasteiger partial charge is 0.257 e. The number of hydrogen-bond acceptors (Lipinski definition) is 3. The number of halogens is 2. The highest BCUT2D eigenvalue weighted by Gasteiger charge is 2.12. The summed E-state index contributed by atoms with van der Waals surface area (Å²) in [7, 11) is 0. The third-order valence-corrected chi connectivity index (χ3v) is 2.31. The highest BCUT2D eigenvalue weighted by Crippen LogP contribution is 2.14. The Kier molecular flexibility index (Phi) is 3.27. The molecule has 2 aromatic heterocycles. The fourth-order valence-electron chi connectivity index (χ4n) is 1.42. The fraction of sp³-hybridized carbons (Fsp3) is 0.0833. The predicted octanol–water partition coefficient (Wildman–Crippen LogP) is 2.32. The molecule has 0 saturated carbocycles. The van der Waals surface area contributed by atoms with Gasteiger partial charge in [-0.25, -0.2) is 0 Å². The van der Waals surface area contributed by atoms with E-state index >= 15 is 0 Å². The quantitative estimate of drug-likeness (QED) is 0.831. The molecule has 0 saturated heterocycles. The minimum Gasteiger partial charge on any atom is -0.318 e. The number of carbonyl (C=O) groups is 1. The lowest BCUT2D eigenvalue weighted by molar-refractivity contribution is 0.102. The van der Waals surface area contributed by atoms with Crippen LogP contribution in [-0.4, -0.2) is 15.9 Å². The van der Waals surface area contributed by atoms with Gasteiger partial charge in [0, 0.05) is 11.9 Å². The van der Waals surface area contributed by atoms with Crippen LogP contribution in [0.15, 0.2) is 30.5 Å². The van der Waals surface area contributed by atoms with Gasteiger partial charge in [0.1, 0.15) is 0 Å². The summed E-state index contributed by atoms with van der Waals surface area (Å²) in [5.74, 6) is -2.53. The maximum Gasteiger partial charge on any atom is 0.257 e. The number of carbonyl (C=O) groups excluding carboxylic acids is 1. The Morgan fingerprint density at radius 1 is 1.28 bits per heavy atom. The maximum absolute atomic E-state index is 13.2. The van der Waals surface area contributed by atoms with Gasteiger partial charge in [-0.15, -0.1) is 0 Å². The number of aromatic nitrogens is 2. The van der Waals surface area contributed by atoms with Crippen LogP contribution in [-0.2, 0) is 0 Å². The van der Waals surface area contributed by atoms with Gasteiger partial charge in [0.2, 0.25) is 11.9 Å². The summed E-state index contributed by atoms with van der Waals surface area (Å²) < 4.78 is 25.8. The van der Waals surface area contributed by atoms with E-state index in [1.165, 1.54) is 0 Å². The maximum atomic E-state index is 13.2. The van der Waals surface area contributed by atoms with Gasteiger partial charge in [-0.3, -0.25) is 9.78 Å². The first-order valence-electron chi connectivity index (χ1n) is 5.13. The molecule has 2 rings (SSSR count). The average Bonchev–Trinajstić information content (AvgIpc) is 2.33. The molecule has 0 atom stereocenters. The van der Waals surface area contributed by atoms with Crippen LogP contribution in [0, 0.1) is 18.8 Å². The van der Waals surface area contributed by atoms with Crippen LogP contribution in [0.1, 0.15) is 16.1 Å². The zero-order valence-corrected chi connectivity index (χ0v) is 9.45. The SMILES string of the molecule is Cc1ncccc1C(=O)Nc1ccc(F)nc1F. The lowest BCUT2D eigenvalue weighted by atomic mass is 10.2. The summed E-state index contributed by atoms with van der Waals surface area (Å²) in [6, 6.07) is 5.24. The highest BCUT2D eigenvalue weighted by molar-refractivity contribution is 6.04. The molecule has 0 radical (unpaired) electrons. The van der Waals surface area contributed by atoms with Crippen LogP contribution in [0.25, 0.3) is 0 Å². The number of nitrogens with one attached hydrogen (secondary N) is 1. The first kappa shape index (κ1) is 12.1. The first-order chi connectivity index (χ1) is 8.58. The second-order valence-corrected chi connectivity index (χ2v) is 3.56. The van der Waals surface area contributed by atoms with E-state index in [-0.39, 0.29) is 5.69 Å². The molecular weight excluding hydrogens is 240 g/mol. The molecule has 0 aliphatic rings. The zero-order valence-electron chi connectivity index (χ0n) is 9.45. The number of nitrogens with zero attached hydrogens (tertiary/aromatic N) is 2. The first-order valence-corrected chi connectivity index (χ1v) is 5.13. The lowest BCUT2D eigenvalue weighted by Gasteiger charge is -2.07. The minimum absolute atomic E-state index is 0.176. The molecule has 6 heteroatoms. The number of pyridine rings is 2. The Labute approximate surface area is 102 Å². The Morgan fingerprint density at radius 2 is 2.06 bits per heavy atom. The molecule has 18 heavy (non-hydrogen) atoms. The third kappa shape index (κ3) is 2.48. The molecular formula is C12H9F2N3O.